The van der Waals surface area contributed by atoms with E-state index >= 15 is 0 Å². The van der Waals surface area contributed by atoms with E-state index in [0.29, 0.717) is 18.0 Å². The minimum Gasteiger partial charge on any atom is -0.462 e. The number of benzene rings is 1. The van der Waals surface area contributed by atoms with Gasteiger partial charge in [0.15, 0.2) is 11.4 Å². The molecule has 2 N–H and O–H groups in total. The number of nitrogens with two attached hydrogens (primary N) is 1. The first-order chi connectivity index (χ1) is 16.4. The number of aromatic nitrogens is 2. The Bertz CT molecular complexity index is 1340. The summed E-state index contributed by atoms with van der Waals surface area (Å²) in [6.45, 7) is 3.74. The van der Waals surface area contributed by atoms with Crippen molar-refractivity contribution in [3.8, 4) is 11.1 Å². The molecule has 174 valence electrons. The van der Waals surface area contributed by atoms with Gasteiger partial charge in [0.1, 0.15) is 29.1 Å². The molecule has 0 saturated carbocycles. The van der Waals surface area contributed by atoms with E-state index in [4.69, 9.17) is 10.2 Å². The summed E-state index contributed by atoms with van der Waals surface area (Å²) in [6, 6.07) is 8.76. The molecule has 1 fully saturated rings. The van der Waals surface area contributed by atoms with Crippen LogP contribution in [0.3, 0.4) is 0 Å². The maximum atomic E-state index is 14.4. The zero-order valence-corrected chi connectivity index (χ0v) is 18.7. The van der Waals surface area contributed by atoms with E-state index < -0.39 is 11.6 Å². The van der Waals surface area contributed by atoms with Crippen LogP contribution in [0.25, 0.3) is 22.2 Å². The van der Waals surface area contributed by atoms with Crippen molar-refractivity contribution in [2.75, 3.05) is 18.0 Å². The van der Waals surface area contributed by atoms with Crippen molar-refractivity contribution in [1.82, 2.24) is 9.97 Å². The summed E-state index contributed by atoms with van der Waals surface area (Å²) in [7, 11) is 0. The maximum Gasteiger partial charge on any atom is 0.185 e. The van der Waals surface area contributed by atoms with Gasteiger partial charge in [0.25, 0.3) is 0 Å². The Morgan fingerprint density at radius 1 is 1.18 bits per heavy atom. The normalized spacial score (nSPS) is 18.4. The lowest BCUT2D eigenvalue weighted by Crippen LogP contribution is -2.46. The average Bonchev–Trinajstić information content (AvgIpc) is 3.21. The Labute approximate surface area is 195 Å². The predicted octanol–water partition coefficient (Wildman–Crippen LogP) is 4.77. The number of carbonyl (C=O) groups excluding carboxylic acids is 1. The Hall–Kier alpha value is -3.65. The van der Waals surface area contributed by atoms with Gasteiger partial charge in [-0.1, -0.05) is 13.0 Å². The number of rotatable bonds is 5. The Morgan fingerprint density at radius 2 is 1.97 bits per heavy atom. The van der Waals surface area contributed by atoms with Crippen LogP contribution in [0.2, 0.25) is 0 Å². The molecule has 0 bridgehead atoms. The predicted molar refractivity (Wildman–Crippen MR) is 126 cm³/mol. The maximum absolute atomic E-state index is 14.4. The molecule has 0 amide bonds. The minimum atomic E-state index is -0.727. The van der Waals surface area contributed by atoms with Crippen LogP contribution < -0.4 is 10.6 Å². The average molecular weight is 463 g/mol. The monoisotopic (exact) mass is 462 g/mol. The summed E-state index contributed by atoms with van der Waals surface area (Å²) in [4.78, 5) is 24.1. The second kappa shape index (κ2) is 8.95. The van der Waals surface area contributed by atoms with Crippen molar-refractivity contribution in [2.24, 2.45) is 11.7 Å². The molecule has 1 aliphatic rings. The minimum absolute atomic E-state index is 0.0721. The molecule has 1 saturated heterocycles. The van der Waals surface area contributed by atoms with E-state index in [1.807, 2.05) is 6.07 Å². The molecule has 0 unspecified atom stereocenters. The van der Waals surface area contributed by atoms with Gasteiger partial charge in [-0.2, -0.15) is 0 Å². The molecule has 1 aromatic carbocycles. The highest BCUT2D eigenvalue weighted by Crippen LogP contribution is 2.33. The smallest absolute Gasteiger partial charge is 0.185 e. The van der Waals surface area contributed by atoms with Crippen LogP contribution in [-0.2, 0) is 6.42 Å². The summed E-state index contributed by atoms with van der Waals surface area (Å²) >= 11 is 0. The lowest BCUT2D eigenvalue weighted by molar-refractivity contribution is 0.0988. The van der Waals surface area contributed by atoms with Crippen molar-refractivity contribution in [3.63, 3.8) is 0 Å². The molecule has 2 atom stereocenters. The number of nitrogens with zero attached hydrogens (tertiary/aromatic N) is 3. The third-order valence-corrected chi connectivity index (χ3v) is 6.20. The van der Waals surface area contributed by atoms with Crippen LogP contribution >= 0.6 is 0 Å². The summed E-state index contributed by atoms with van der Waals surface area (Å²) < 4.78 is 34.2. The fraction of sp³-hybridized carbons (Fsp3) is 0.269. The quantitative estimate of drug-likeness (QED) is 0.430. The largest absolute Gasteiger partial charge is 0.462 e. The van der Waals surface area contributed by atoms with Crippen molar-refractivity contribution in [3.05, 3.63) is 77.9 Å². The number of hydrogen-bond acceptors (Lipinski definition) is 6. The Balaban J connectivity index is 1.47. The number of pyridine rings is 2. The highest BCUT2D eigenvalue weighted by atomic mass is 19.1. The molecule has 6 nitrogen and oxygen atoms in total. The number of carbonyl (C=O) groups is 1. The number of anilines is 1. The molecule has 34 heavy (non-hydrogen) atoms. The first kappa shape index (κ1) is 22.2. The second-order valence-electron chi connectivity index (χ2n) is 8.90. The summed E-state index contributed by atoms with van der Waals surface area (Å²) in [5.74, 6) is -1.24. The van der Waals surface area contributed by atoms with Gasteiger partial charge in [0, 0.05) is 49.2 Å². The number of ketones is 1. The molecule has 3 aromatic heterocycles. The van der Waals surface area contributed by atoms with Gasteiger partial charge in [0.2, 0.25) is 0 Å². The third-order valence-electron chi connectivity index (χ3n) is 6.20. The second-order valence-corrected chi connectivity index (χ2v) is 8.90. The van der Waals surface area contributed by atoms with Crippen molar-refractivity contribution in [1.29, 1.82) is 0 Å². The molecular formula is C26H24F2N4O2. The number of fused-ring (bicyclic) bond motifs is 1. The molecule has 0 radical (unpaired) electrons. The zero-order chi connectivity index (χ0) is 23.8. The van der Waals surface area contributed by atoms with Gasteiger partial charge in [-0.3, -0.25) is 9.78 Å². The van der Waals surface area contributed by atoms with E-state index in [0.717, 1.165) is 24.2 Å². The van der Waals surface area contributed by atoms with Crippen LogP contribution in [0.5, 0.6) is 0 Å². The van der Waals surface area contributed by atoms with Crippen molar-refractivity contribution < 1.29 is 18.0 Å². The summed E-state index contributed by atoms with van der Waals surface area (Å²) in [5, 5.41) is 0. The van der Waals surface area contributed by atoms with Gasteiger partial charge in [-0.15, -0.1) is 0 Å². The Morgan fingerprint density at radius 3 is 2.74 bits per heavy atom. The molecule has 0 aliphatic carbocycles. The van der Waals surface area contributed by atoms with E-state index in [1.165, 1.54) is 24.5 Å². The molecular weight excluding hydrogens is 438 g/mol. The van der Waals surface area contributed by atoms with E-state index in [2.05, 4.69) is 21.8 Å². The molecule has 4 heterocycles. The van der Waals surface area contributed by atoms with E-state index in [-0.39, 0.29) is 40.6 Å². The number of piperidine rings is 1. The number of halogens is 2. The highest BCUT2D eigenvalue weighted by molar-refractivity contribution is 6.00. The number of furan rings is 1. The fourth-order valence-electron chi connectivity index (χ4n) is 4.72. The zero-order valence-electron chi connectivity index (χ0n) is 18.7. The van der Waals surface area contributed by atoms with Gasteiger partial charge in [0.05, 0.1) is 11.1 Å². The molecule has 1 aliphatic heterocycles. The summed E-state index contributed by atoms with van der Waals surface area (Å²) in [6.07, 6.45) is 5.71. The number of Topliss-reactive ketones (excluding diaryl/α,β-unsaturated/α-hetero) is 1. The molecule has 0 spiro atoms. The fourth-order valence-corrected chi connectivity index (χ4v) is 4.72. The van der Waals surface area contributed by atoms with Gasteiger partial charge >= 0.3 is 0 Å². The van der Waals surface area contributed by atoms with Gasteiger partial charge < -0.3 is 15.1 Å². The van der Waals surface area contributed by atoms with Crippen molar-refractivity contribution >= 4 is 22.6 Å². The van der Waals surface area contributed by atoms with Crippen LogP contribution in [0.15, 0.2) is 59.5 Å². The van der Waals surface area contributed by atoms with Gasteiger partial charge in [-0.05, 0) is 42.7 Å². The van der Waals surface area contributed by atoms with E-state index in [9.17, 15) is 13.6 Å². The lowest BCUT2D eigenvalue weighted by Gasteiger charge is -2.37. The standard InChI is InChI=1S/C26H24F2N4O2/c1-15-9-17(29)13-32(12-15)22-7-8-30-11-16(22)10-23(33)21-5-6-24-26(31-21)18(14-34-24)25-19(27)3-2-4-20(25)28/h2-8,11,14-15,17H,9-10,12-13,29H2,1H3/t15-,17+/m1/s1. The Kier molecular flexibility index (Phi) is 5.83. The van der Waals surface area contributed by atoms with E-state index in [1.54, 1.807) is 24.5 Å². The molecule has 5 rings (SSSR count). The molecule has 4 aromatic rings. The number of hydrogen-bond donors (Lipinski definition) is 1. The van der Waals surface area contributed by atoms with Crippen LogP contribution in [0.4, 0.5) is 14.5 Å². The van der Waals surface area contributed by atoms with Crippen molar-refractivity contribution in [2.45, 2.75) is 25.8 Å². The third kappa shape index (κ3) is 4.17. The lowest BCUT2D eigenvalue weighted by atomic mass is 9.95. The SMILES string of the molecule is C[C@@H]1C[C@H](N)CN(c2ccncc2CC(=O)c2ccc3occ(-c4c(F)cccc4F)c3n2)C1. The van der Waals surface area contributed by atoms with Gasteiger partial charge in [-0.25, -0.2) is 13.8 Å². The summed E-state index contributed by atoms with van der Waals surface area (Å²) in [5.41, 5.74) is 8.63. The van der Waals surface area contributed by atoms with Crippen LogP contribution in [0.1, 0.15) is 29.4 Å². The topological polar surface area (TPSA) is 85.2 Å². The van der Waals surface area contributed by atoms with Crippen LogP contribution in [0, 0.1) is 17.6 Å². The first-order valence-corrected chi connectivity index (χ1v) is 11.2. The highest BCUT2D eigenvalue weighted by Gasteiger charge is 2.25. The first-order valence-electron chi connectivity index (χ1n) is 11.2. The molecule has 8 heteroatoms. The van der Waals surface area contributed by atoms with Crippen LogP contribution in [-0.4, -0.2) is 34.9 Å².